The standard InChI is InChI=1S/C12H15N3O/c1-3-13-8-10-4-6-14-12(15-10)11-9(2)5-7-16-11/h4-7,13H,3,8H2,1-2H3. The molecule has 1 N–H and O–H groups in total. The third-order valence-electron chi connectivity index (χ3n) is 2.33. The molecule has 0 fully saturated rings. The molecular weight excluding hydrogens is 202 g/mol. The Hall–Kier alpha value is -1.68. The van der Waals surface area contributed by atoms with Crippen LogP contribution in [0.2, 0.25) is 0 Å². The van der Waals surface area contributed by atoms with Gasteiger partial charge in [0.15, 0.2) is 11.6 Å². The SMILES string of the molecule is CCNCc1ccnc(-c2occc2C)n1. The molecule has 0 unspecified atom stereocenters. The van der Waals surface area contributed by atoms with E-state index >= 15 is 0 Å². The molecule has 16 heavy (non-hydrogen) atoms. The van der Waals surface area contributed by atoms with E-state index in [1.165, 1.54) is 0 Å². The van der Waals surface area contributed by atoms with Crippen molar-refractivity contribution in [3.8, 4) is 11.6 Å². The monoisotopic (exact) mass is 217 g/mol. The van der Waals surface area contributed by atoms with E-state index in [4.69, 9.17) is 4.42 Å². The summed E-state index contributed by atoms with van der Waals surface area (Å²) >= 11 is 0. The molecule has 4 nitrogen and oxygen atoms in total. The van der Waals surface area contributed by atoms with E-state index in [1.807, 2.05) is 19.1 Å². The van der Waals surface area contributed by atoms with Crippen molar-refractivity contribution in [2.45, 2.75) is 20.4 Å². The maximum atomic E-state index is 5.36. The first kappa shape index (κ1) is 10.8. The van der Waals surface area contributed by atoms with Gasteiger partial charge in [-0.25, -0.2) is 9.97 Å². The highest BCUT2D eigenvalue weighted by Crippen LogP contribution is 2.20. The molecule has 2 heterocycles. The molecule has 0 radical (unpaired) electrons. The van der Waals surface area contributed by atoms with E-state index in [0.717, 1.165) is 30.1 Å². The number of rotatable bonds is 4. The summed E-state index contributed by atoms with van der Waals surface area (Å²) < 4.78 is 5.36. The zero-order valence-electron chi connectivity index (χ0n) is 9.53. The van der Waals surface area contributed by atoms with Crippen LogP contribution >= 0.6 is 0 Å². The lowest BCUT2D eigenvalue weighted by Crippen LogP contribution is -2.13. The average Bonchev–Trinajstić information content (AvgIpc) is 2.73. The van der Waals surface area contributed by atoms with Crippen LogP contribution in [0.3, 0.4) is 0 Å². The number of hydrogen-bond donors (Lipinski definition) is 1. The minimum absolute atomic E-state index is 0.651. The van der Waals surface area contributed by atoms with Gasteiger partial charge in [-0.15, -0.1) is 0 Å². The normalized spacial score (nSPS) is 10.6. The van der Waals surface area contributed by atoms with Gasteiger partial charge in [-0.1, -0.05) is 6.92 Å². The predicted octanol–water partition coefficient (Wildman–Crippen LogP) is 2.15. The molecule has 0 saturated carbocycles. The van der Waals surface area contributed by atoms with E-state index in [2.05, 4.69) is 22.2 Å². The second kappa shape index (κ2) is 4.90. The predicted molar refractivity (Wildman–Crippen MR) is 61.9 cm³/mol. The summed E-state index contributed by atoms with van der Waals surface area (Å²) in [4.78, 5) is 8.66. The lowest BCUT2D eigenvalue weighted by atomic mass is 10.2. The zero-order valence-corrected chi connectivity index (χ0v) is 9.53. The maximum Gasteiger partial charge on any atom is 0.196 e. The lowest BCUT2D eigenvalue weighted by molar-refractivity contribution is 0.574. The van der Waals surface area contributed by atoms with Gasteiger partial charge in [0, 0.05) is 12.7 Å². The quantitative estimate of drug-likeness (QED) is 0.852. The molecular formula is C12H15N3O. The third-order valence-corrected chi connectivity index (χ3v) is 2.33. The smallest absolute Gasteiger partial charge is 0.196 e. The Morgan fingerprint density at radius 3 is 2.94 bits per heavy atom. The van der Waals surface area contributed by atoms with Crippen LogP contribution in [0.15, 0.2) is 29.0 Å². The Kier molecular flexibility index (Phi) is 3.31. The summed E-state index contributed by atoms with van der Waals surface area (Å²) in [6.07, 6.45) is 3.42. The maximum absolute atomic E-state index is 5.36. The van der Waals surface area contributed by atoms with Gasteiger partial charge in [0.25, 0.3) is 0 Å². The van der Waals surface area contributed by atoms with Gasteiger partial charge in [-0.2, -0.15) is 0 Å². The first-order chi connectivity index (χ1) is 7.81. The fourth-order valence-corrected chi connectivity index (χ4v) is 1.46. The summed E-state index contributed by atoms with van der Waals surface area (Å²) in [7, 11) is 0. The Bertz CT molecular complexity index is 465. The third kappa shape index (κ3) is 2.28. The largest absolute Gasteiger partial charge is 0.461 e. The van der Waals surface area contributed by atoms with Crippen LogP contribution in [0.4, 0.5) is 0 Å². The summed E-state index contributed by atoms with van der Waals surface area (Å²) in [5.41, 5.74) is 2.03. The van der Waals surface area contributed by atoms with Crippen molar-refractivity contribution in [3.05, 3.63) is 35.9 Å². The number of nitrogens with zero attached hydrogens (tertiary/aromatic N) is 2. The summed E-state index contributed by atoms with van der Waals surface area (Å²) in [6, 6.07) is 3.82. The molecule has 0 aromatic carbocycles. The molecule has 0 aliphatic rings. The van der Waals surface area contributed by atoms with Gasteiger partial charge in [0.05, 0.1) is 12.0 Å². The van der Waals surface area contributed by atoms with Crippen LogP contribution in [-0.2, 0) is 6.54 Å². The highest BCUT2D eigenvalue weighted by atomic mass is 16.3. The lowest BCUT2D eigenvalue weighted by Gasteiger charge is -2.02. The molecule has 0 aliphatic heterocycles. The Morgan fingerprint density at radius 2 is 2.25 bits per heavy atom. The summed E-state index contributed by atoms with van der Waals surface area (Å²) in [5, 5.41) is 3.23. The Labute approximate surface area is 94.7 Å². The van der Waals surface area contributed by atoms with E-state index in [-0.39, 0.29) is 0 Å². The number of aromatic nitrogens is 2. The molecule has 0 spiro atoms. The molecule has 0 saturated heterocycles. The van der Waals surface area contributed by atoms with Crippen molar-refractivity contribution in [2.75, 3.05) is 6.54 Å². The Balaban J connectivity index is 2.26. The second-order valence-electron chi connectivity index (χ2n) is 3.58. The minimum atomic E-state index is 0.651. The van der Waals surface area contributed by atoms with Crippen molar-refractivity contribution in [2.24, 2.45) is 0 Å². The molecule has 2 aromatic rings. The fourth-order valence-electron chi connectivity index (χ4n) is 1.46. The van der Waals surface area contributed by atoms with E-state index in [1.54, 1.807) is 12.5 Å². The molecule has 4 heteroatoms. The van der Waals surface area contributed by atoms with E-state index < -0.39 is 0 Å². The van der Waals surface area contributed by atoms with E-state index in [9.17, 15) is 0 Å². The van der Waals surface area contributed by atoms with Crippen LogP contribution in [0.1, 0.15) is 18.2 Å². The zero-order chi connectivity index (χ0) is 11.4. The number of hydrogen-bond acceptors (Lipinski definition) is 4. The molecule has 0 aliphatic carbocycles. The first-order valence-corrected chi connectivity index (χ1v) is 5.38. The highest BCUT2D eigenvalue weighted by molar-refractivity contribution is 5.51. The van der Waals surface area contributed by atoms with Crippen LogP contribution < -0.4 is 5.32 Å². The first-order valence-electron chi connectivity index (χ1n) is 5.38. The van der Waals surface area contributed by atoms with Crippen LogP contribution in [0, 0.1) is 6.92 Å². The summed E-state index contributed by atoms with van der Waals surface area (Å²) in [5.74, 6) is 1.40. The topological polar surface area (TPSA) is 51.0 Å². The number of furan rings is 1. The Morgan fingerprint density at radius 1 is 1.38 bits per heavy atom. The van der Waals surface area contributed by atoms with Crippen molar-refractivity contribution in [1.82, 2.24) is 15.3 Å². The second-order valence-corrected chi connectivity index (χ2v) is 3.58. The van der Waals surface area contributed by atoms with Crippen LogP contribution in [0.25, 0.3) is 11.6 Å². The van der Waals surface area contributed by atoms with Gasteiger partial charge in [0.2, 0.25) is 0 Å². The van der Waals surface area contributed by atoms with Crippen molar-refractivity contribution in [1.29, 1.82) is 0 Å². The summed E-state index contributed by atoms with van der Waals surface area (Å²) in [6.45, 7) is 5.74. The highest BCUT2D eigenvalue weighted by Gasteiger charge is 2.08. The van der Waals surface area contributed by atoms with Crippen LogP contribution in [0.5, 0.6) is 0 Å². The molecule has 2 aromatic heterocycles. The number of aryl methyl sites for hydroxylation is 1. The number of nitrogens with one attached hydrogen (secondary N) is 1. The molecule has 0 amide bonds. The average molecular weight is 217 g/mol. The van der Waals surface area contributed by atoms with Gasteiger partial charge in [-0.3, -0.25) is 0 Å². The van der Waals surface area contributed by atoms with Gasteiger partial charge in [-0.05, 0) is 31.2 Å². The molecule has 2 rings (SSSR count). The molecule has 0 atom stereocenters. The van der Waals surface area contributed by atoms with Gasteiger partial charge >= 0.3 is 0 Å². The molecule has 84 valence electrons. The van der Waals surface area contributed by atoms with Crippen LogP contribution in [-0.4, -0.2) is 16.5 Å². The van der Waals surface area contributed by atoms with Crippen molar-refractivity contribution >= 4 is 0 Å². The van der Waals surface area contributed by atoms with E-state index in [0.29, 0.717) is 5.82 Å². The van der Waals surface area contributed by atoms with Crippen molar-refractivity contribution in [3.63, 3.8) is 0 Å². The van der Waals surface area contributed by atoms with Crippen molar-refractivity contribution < 1.29 is 4.42 Å². The fraction of sp³-hybridized carbons (Fsp3) is 0.333. The van der Waals surface area contributed by atoms with Gasteiger partial charge < -0.3 is 9.73 Å². The molecule has 0 bridgehead atoms. The van der Waals surface area contributed by atoms with Gasteiger partial charge in [0.1, 0.15) is 0 Å². The minimum Gasteiger partial charge on any atom is -0.461 e.